The molecule has 80 valence electrons. The predicted molar refractivity (Wildman–Crippen MR) is 59.3 cm³/mol. The molecule has 0 aliphatic carbocycles. The van der Waals surface area contributed by atoms with E-state index in [-0.39, 0.29) is 12.0 Å². The summed E-state index contributed by atoms with van der Waals surface area (Å²) in [6.07, 6.45) is 0.348. The molecule has 3 nitrogen and oxygen atoms in total. The molecule has 1 N–H and O–H groups in total. The second-order valence-electron chi connectivity index (χ2n) is 4.14. The Morgan fingerprint density at radius 2 is 2.13 bits per heavy atom. The van der Waals surface area contributed by atoms with E-state index in [4.69, 9.17) is 4.74 Å². The maximum absolute atomic E-state index is 11.5. The first-order chi connectivity index (χ1) is 7.06. The number of nitrogens with one attached hydrogen (secondary N) is 1. The lowest BCUT2D eigenvalue weighted by Gasteiger charge is -2.14. The number of benzene rings is 1. The SMILES string of the molecule is Cc1cc(C)c2c(c1)NC(=O)CC(C)O2. The fraction of sp³-hybridized carbons (Fsp3) is 0.417. The summed E-state index contributed by atoms with van der Waals surface area (Å²) in [5.74, 6) is 0.824. The predicted octanol–water partition coefficient (Wildman–Crippen LogP) is 2.41. The van der Waals surface area contributed by atoms with Crippen molar-refractivity contribution in [1.29, 1.82) is 0 Å². The topological polar surface area (TPSA) is 38.3 Å². The van der Waals surface area contributed by atoms with E-state index in [1.165, 1.54) is 0 Å². The molecule has 15 heavy (non-hydrogen) atoms. The Labute approximate surface area is 89.4 Å². The molecular formula is C12H15NO2. The molecule has 1 aromatic carbocycles. The lowest BCUT2D eigenvalue weighted by atomic mass is 10.1. The van der Waals surface area contributed by atoms with Gasteiger partial charge in [-0.2, -0.15) is 0 Å². The van der Waals surface area contributed by atoms with Gasteiger partial charge in [0.25, 0.3) is 0 Å². The summed E-state index contributed by atoms with van der Waals surface area (Å²) in [4.78, 5) is 11.5. The zero-order chi connectivity index (χ0) is 11.0. The third-order valence-corrected chi connectivity index (χ3v) is 2.48. The number of amides is 1. The van der Waals surface area contributed by atoms with Crippen molar-refractivity contribution in [3.8, 4) is 5.75 Å². The van der Waals surface area contributed by atoms with Crippen molar-refractivity contribution in [2.45, 2.75) is 33.3 Å². The molecule has 0 saturated heterocycles. The molecule has 0 aromatic heterocycles. The van der Waals surface area contributed by atoms with Crippen LogP contribution in [0, 0.1) is 13.8 Å². The fourth-order valence-electron chi connectivity index (χ4n) is 1.91. The van der Waals surface area contributed by atoms with Crippen molar-refractivity contribution in [3.63, 3.8) is 0 Å². The maximum Gasteiger partial charge on any atom is 0.228 e. The number of anilines is 1. The summed E-state index contributed by atoms with van der Waals surface area (Å²) in [5.41, 5.74) is 2.99. The van der Waals surface area contributed by atoms with Gasteiger partial charge in [-0.1, -0.05) is 6.07 Å². The minimum Gasteiger partial charge on any atom is -0.488 e. The molecule has 1 aromatic rings. The largest absolute Gasteiger partial charge is 0.488 e. The summed E-state index contributed by atoms with van der Waals surface area (Å²) < 4.78 is 5.73. The maximum atomic E-state index is 11.5. The smallest absolute Gasteiger partial charge is 0.228 e. The number of carbonyl (C=O) groups excluding carboxylic acids is 1. The van der Waals surface area contributed by atoms with Crippen LogP contribution in [-0.4, -0.2) is 12.0 Å². The van der Waals surface area contributed by atoms with E-state index < -0.39 is 0 Å². The molecule has 0 fully saturated rings. The van der Waals surface area contributed by atoms with Gasteiger partial charge >= 0.3 is 0 Å². The minimum atomic E-state index is -0.0624. The van der Waals surface area contributed by atoms with Crippen molar-refractivity contribution in [1.82, 2.24) is 0 Å². The van der Waals surface area contributed by atoms with Crippen LogP contribution in [-0.2, 0) is 4.79 Å². The third-order valence-electron chi connectivity index (χ3n) is 2.48. The molecule has 1 aliphatic heterocycles. The highest BCUT2D eigenvalue weighted by molar-refractivity contribution is 5.93. The van der Waals surface area contributed by atoms with Crippen molar-refractivity contribution < 1.29 is 9.53 Å². The van der Waals surface area contributed by atoms with Crippen molar-refractivity contribution in [2.24, 2.45) is 0 Å². The molecule has 0 spiro atoms. The highest BCUT2D eigenvalue weighted by Gasteiger charge is 2.20. The number of hydrogen-bond acceptors (Lipinski definition) is 2. The van der Waals surface area contributed by atoms with Crippen LogP contribution in [0.4, 0.5) is 5.69 Å². The van der Waals surface area contributed by atoms with Gasteiger partial charge in [0.15, 0.2) is 0 Å². The first-order valence-electron chi connectivity index (χ1n) is 5.14. The first kappa shape index (κ1) is 10.0. The molecule has 0 radical (unpaired) electrons. The molecule has 1 unspecified atom stereocenters. The number of fused-ring (bicyclic) bond motifs is 1. The second kappa shape index (κ2) is 3.57. The van der Waals surface area contributed by atoms with Crippen LogP contribution in [0.1, 0.15) is 24.5 Å². The monoisotopic (exact) mass is 205 g/mol. The van der Waals surface area contributed by atoms with Crippen molar-refractivity contribution >= 4 is 11.6 Å². The molecule has 1 amide bonds. The number of aryl methyl sites for hydroxylation is 2. The highest BCUT2D eigenvalue weighted by atomic mass is 16.5. The van der Waals surface area contributed by atoms with Gasteiger partial charge < -0.3 is 10.1 Å². The lowest BCUT2D eigenvalue weighted by molar-refractivity contribution is -0.117. The average molecular weight is 205 g/mol. The van der Waals surface area contributed by atoms with E-state index >= 15 is 0 Å². The van der Waals surface area contributed by atoms with Crippen molar-refractivity contribution in [3.05, 3.63) is 23.3 Å². The van der Waals surface area contributed by atoms with Gasteiger partial charge in [-0.25, -0.2) is 0 Å². The van der Waals surface area contributed by atoms with Crippen LogP contribution < -0.4 is 10.1 Å². The van der Waals surface area contributed by atoms with E-state index in [0.29, 0.717) is 6.42 Å². The second-order valence-corrected chi connectivity index (χ2v) is 4.14. The van der Waals surface area contributed by atoms with Crippen molar-refractivity contribution in [2.75, 3.05) is 5.32 Å². The van der Waals surface area contributed by atoms with Gasteiger partial charge in [0.2, 0.25) is 5.91 Å². The van der Waals surface area contributed by atoms with Gasteiger partial charge in [-0.15, -0.1) is 0 Å². The summed E-state index contributed by atoms with van der Waals surface area (Å²) in [6, 6.07) is 4.00. The number of ether oxygens (including phenoxy) is 1. The van der Waals surface area contributed by atoms with Crippen LogP contribution >= 0.6 is 0 Å². The molecule has 0 saturated carbocycles. The number of hydrogen-bond donors (Lipinski definition) is 1. The summed E-state index contributed by atoms with van der Waals surface area (Å²) in [7, 11) is 0. The Hall–Kier alpha value is -1.51. The molecular weight excluding hydrogens is 190 g/mol. The first-order valence-corrected chi connectivity index (χ1v) is 5.14. The molecule has 2 rings (SSSR count). The fourth-order valence-corrected chi connectivity index (χ4v) is 1.91. The summed E-state index contributed by atoms with van der Waals surface area (Å²) >= 11 is 0. The van der Waals surface area contributed by atoms with Crippen LogP contribution in [0.5, 0.6) is 5.75 Å². The van der Waals surface area contributed by atoms with Crippen LogP contribution in [0.25, 0.3) is 0 Å². The Kier molecular flexibility index (Phi) is 2.39. The van der Waals surface area contributed by atoms with E-state index in [9.17, 15) is 4.79 Å². The van der Waals surface area contributed by atoms with Gasteiger partial charge in [0.05, 0.1) is 12.1 Å². The number of rotatable bonds is 0. The lowest BCUT2D eigenvalue weighted by Crippen LogP contribution is -2.17. The average Bonchev–Trinajstić information content (AvgIpc) is 2.22. The molecule has 1 atom stereocenters. The highest BCUT2D eigenvalue weighted by Crippen LogP contribution is 2.33. The number of carbonyl (C=O) groups is 1. The quantitative estimate of drug-likeness (QED) is 0.706. The molecule has 3 heteroatoms. The van der Waals surface area contributed by atoms with Crippen LogP contribution in [0.15, 0.2) is 12.1 Å². The van der Waals surface area contributed by atoms with Crippen LogP contribution in [0.2, 0.25) is 0 Å². The summed E-state index contributed by atoms with van der Waals surface area (Å²) in [6.45, 7) is 5.91. The third kappa shape index (κ3) is 1.96. The zero-order valence-electron chi connectivity index (χ0n) is 9.26. The van der Waals surface area contributed by atoms with E-state index in [0.717, 1.165) is 22.6 Å². The Morgan fingerprint density at radius 1 is 1.40 bits per heavy atom. The zero-order valence-corrected chi connectivity index (χ0v) is 9.26. The van der Waals surface area contributed by atoms with E-state index in [2.05, 4.69) is 11.4 Å². The Morgan fingerprint density at radius 3 is 2.87 bits per heavy atom. The van der Waals surface area contributed by atoms with E-state index in [1.807, 2.05) is 26.8 Å². The Balaban J connectivity index is 2.50. The van der Waals surface area contributed by atoms with Gasteiger partial charge in [0, 0.05) is 0 Å². The molecule has 1 heterocycles. The Bertz CT molecular complexity index is 412. The van der Waals surface area contributed by atoms with E-state index in [1.54, 1.807) is 0 Å². The minimum absolute atomic E-state index is 0.0197. The van der Waals surface area contributed by atoms with Gasteiger partial charge in [-0.05, 0) is 38.0 Å². The standard InChI is InChI=1S/C12H15NO2/c1-7-4-8(2)12-10(5-7)13-11(14)6-9(3)15-12/h4-5,9H,6H2,1-3H3,(H,13,14). The van der Waals surface area contributed by atoms with Gasteiger partial charge in [0.1, 0.15) is 11.9 Å². The van der Waals surface area contributed by atoms with Gasteiger partial charge in [-0.3, -0.25) is 4.79 Å². The normalized spacial score (nSPS) is 19.9. The molecule has 0 bridgehead atoms. The summed E-state index contributed by atoms with van der Waals surface area (Å²) in [5, 5.41) is 2.87. The van der Waals surface area contributed by atoms with Crippen LogP contribution in [0.3, 0.4) is 0 Å². The molecule has 1 aliphatic rings.